The first-order valence-corrected chi connectivity index (χ1v) is 10.1. The Morgan fingerprint density at radius 3 is 2.60 bits per heavy atom. The molecule has 0 aliphatic carbocycles. The van der Waals surface area contributed by atoms with E-state index >= 15 is 0 Å². The Morgan fingerprint density at radius 1 is 1.12 bits per heavy atom. The van der Waals surface area contributed by atoms with Crippen LogP contribution in [0.2, 0.25) is 0 Å². The summed E-state index contributed by atoms with van der Waals surface area (Å²) in [5.74, 6) is 2.12. The molecule has 2 saturated heterocycles. The van der Waals surface area contributed by atoms with Crippen LogP contribution in [-0.4, -0.2) is 54.7 Å². The van der Waals surface area contributed by atoms with Gasteiger partial charge >= 0.3 is 0 Å². The lowest BCUT2D eigenvalue weighted by Gasteiger charge is -2.36. The summed E-state index contributed by atoms with van der Waals surface area (Å²) >= 11 is 0. The van der Waals surface area contributed by atoms with Gasteiger partial charge in [0.1, 0.15) is 17.6 Å². The van der Waals surface area contributed by atoms with Gasteiger partial charge in [-0.05, 0) is 77.8 Å². The Morgan fingerprint density at radius 2 is 1.88 bits per heavy atom. The van der Waals surface area contributed by atoms with Crippen molar-refractivity contribution in [2.75, 3.05) is 32.8 Å². The molecule has 2 fully saturated rings. The van der Waals surface area contributed by atoms with Crippen LogP contribution in [0.25, 0.3) is 0 Å². The fourth-order valence-electron chi connectivity index (χ4n) is 4.69. The summed E-state index contributed by atoms with van der Waals surface area (Å²) < 4.78 is 11.9. The van der Waals surface area contributed by atoms with E-state index in [1.54, 1.807) is 0 Å². The smallest absolute Gasteiger partial charge is 0.124 e. The molecule has 1 atom stereocenters. The highest BCUT2D eigenvalue weighted by molar-refractivity contribution is 5.48. The van der Waals surface area contributed by atoms with Gasteiger partial charge in [-0.15, -0.1) is 0 Å². The van der Waals surface area contributed by atoms with Crippen LogP contribution < -0.4 is 9.47 Å². The van der Waals surface area contributed by atoms with Crippen LogP contribution in [0.1, 0.15) is 50.7 Å². The first-order chi connectivity index (χ1) is 12.2. The van der Waals surface area contributed by atoms with Gasteiger partial charge in [0, 0.05) is 30.1 Å². The average molecular weight is 344 g/mol. The number of piperidine rings is 1. The Bertz CT molecular complexity index is 590. The summed E-state index contributed by atoms with van der Waals surface area (Å²) in [7, 11) is 0. The van der Waals surface area contributed by atoms with Gasteiger partial charge in [0.25, 0.3) is 0 Å². The number of nitrogens with zero attached hydrogens (tertiary/aromatic N) is 2. The molecule has 3 heterocycles. The summed E-state index contributed by atoms with van der Waals surface area (Å²) in [5, 5.41) is 0. The maximum absolute atomic E-state index is 5.97. The van der Waals surface area contributed by atoms with Crippen molar-refractivity contribution < 1.29 is 9.47 Å². The van der Waals surface area contributed by atoms with Crippen LogP contribution in [-0.2, 0) is 13.0 Å². The van der Waals surface area contributed by atoms with Crippen molar-refractivity contribution in [1.82, 2.24) is 9.80 Å². The largest absolute Gasteiger partial charge is 0.494 e. The van der Waals surface area contributed by atoms with E-state index in [2.05, 4.69) is 35.8 Å². The van der Waals surface area contributed by atoms with Crippen molar-refractivity contribution in [3.05, 3.63) is 23.3 Å². The van der Waals surface area contributed by atoms with Gasteiger partial charge in [0.2, 0.25) is 0 Å². The molecule has 4 nitrogen and oxygen atoms in total. The Labute approximate surface area is 152 Å². The molecule has 25 heavy (non-hydrogen) atoms. The molecule has 0 saturated carbocycles. The van der Waals surface area contributed by atoms with Gasteiger partial charge in [-0.2, -0.15) is 0 Å². The maximum atomic E-state index is 5.97. The summed E-state index contributed by atoms with van der Waals surface area (Å²) in [6.07, 6.45) is 6.69. The molecule has 4 rings (SSSR count). The van der Waals surface area contributed by atoms with E-state index < -0.39 is 0 Å². The van der Waals surface area contributed by atoms with Crippen molar-refractivity contribution in [2.45, 2.75) is 64.6 Å². The van der Waals surface area contributed by atoms with Crippen molar-refractivity contribution in [3.8, 4) is 11.5 Å². The standard InChI is InChI=1S/C21H32N2O2/c1-3-24-20-13-17-12-16(2)25-21(17)14-18(20)15-22-10-6-19(7-11-22)23-8-4-5-9-23/h13-14,16,19H,3-12,15H2,1-2H3. The number of rotatable bonds is 5. The highest BCUT2D eigenvalue weighted by Crippen LogP contribution is 2.36. The van der Waals surface area contributed by atoms with Gasteiger partial charge in [-0.1, -0.05) is 0 Å². The summed E-state index contributed by atoms with van der Waals surface area (Å²) in [6, 6.07) is 5.26. The lowest BCUT2D eigenvalue weighted by molar-refractivity contribution is 0.122. The molecule has 3 aliphatic rings. The zero-order valence-electron chi connectivity index (χ0n) is 15.8. The number of benzene rings is 1. The van der Waals surface area contributed by atoms with Crippen LogP contribution in [0, 0.1) is 0 Å². The average Bonchev–Trinajstić information content (AvgIpc) is 3.25. The van der Waals surface area contributed by atoms with E-state index in [1.807, 2.05) is 0 Å². The van der Waals surface area contributed by atoms with E-state index in [4.69, 9.17) is 9.47 Å². The predicted molar refractivity (Wildman–Crippen MR) is 101 cm³/mol. The Balaban J connectivity index is 1.41. The molecule has 1 unspecified atom stereocenters. The minimum absolute atomic E-state index is 0.288. The van der Waals surface area contributed by atoms with Crippen molar-refractivity contribution in [3.63, 3.8) is 0 Å². The van der Waals surface area contributed by atoms with E-state index in [-0.39, 0.29) is 6.10 Å². The Kier molecular flexibility index (Phi) is 5.18. The first kappa shape index (κ1) is 17.2. The lowest BCUT2D eigenvalue weighted by Crippen LogP contribution is -2.43. The molecule has 0 radical (unpaired) electrons. The first-order valence-electron chi connectivity index (χ1n) is 10.1. The van der Waals surface area contributed by atoms with E-state index in [1.165, 1.54) is 63.0 Å². The fourth-order valence-corrected chi connectivity index (χ4v) is 4.69. The second kappa shape index (κ2) is 7.55. The third-order valence-corrected chi connectivity index (χ3v) is 5.99. The normalized spacial score (nSPS) is 25.1. The second-order valence-electron chi connectivity index (χ2n) is 7.88. The number of likely N-dealkylation sites (tertiary alicyclic amines) is 2. The minimum Gasteiger partial charge on any atom is -0.494 e. The quantitative estimate of drug-likeness (QED) is 0.817. The molecule has 0 N–H and O–H groups in total. The molecule has 138 valence electrons. The van der Waals surface area contributed by atoms with Crippen molar-refractivity contribution >= 4 is 0 Å². The third kappa shape index (κ3) is 3.80. The monoisotopic (exact) mass is 344 g/mol. The molecular weight excluding hydrogens is 312 g/mol. The fraction of sp³-hybridized carbons (Fsp3) is 0.714. The van der Waals surface area contributed by atoms with Gasteiger partial charge in [0.05, 0.1) is 6.61 Å². The topological polar surface area (TPSA) is 24.9 Å². The molecule has 0 amide bonds. The third-order valence-electron chi connectivity index (χ3n) is 5.99. The summed E-state index contributed by atoms with van der Waals surface area (Å²) in [5.41, 5.74) is 2.58. The van der Waals surface area contributed by atoms with Gasteiger partial charge in [0.15, 0.2) is 0 Å². The number of ether oxygens (including phenoxy) is 2. The molecular formula is C21H32N2O2. The van der Waals surface area contributed by atoms with Crippen LogP contribution in [0.4, 0.5) is 0 Å². The molecule has 0 aromatic heterocycles. The zero-order chi connectivity index (χ0) is 17.2. The summed E-state index contributed by atoms with van der Waals surface area (Å²) in [4.78, 5) is 5.31. The van der Waals surface area contributed by atoms with E-state index in [0.717, 1.165) is 37.1 Å². The molecule has 0 spiro atoms. The molecule has 3 aliphatic heterocycles. The molecule has 1 aromatic carbocycles. The van der Waals surface area contributed by atoms with E-state index in [0.29, 0.717) is 0 Å². The molecule has 4 heteroatoms. The highest BCUT2D eigenvalue weighted by atomic mass is 16.5. The van der Waals surface area contributed by atoms with Crippen molar-refractivity contribution in [1.29, 1.82) is 0 Å². The van der Waals surface area contributed by atoms with Crippen LogP contribution in [0.3, 0.4) is 0 Å². The highest BCUT2D eigenvalue weighted by Gasteiger charge is 2.27. The number of hydrogen-bond donors (Lipinski definition) is 0. The van der Waals surface area contributed by atoms with Crippen molar-refractivity contribution in [2.24, 2.45) is 0 Å². The zero-order valence-corrected chi connectivity index (χ0v) is 15.8. The Hall–Kier alpha value is -1.26. The van der Waals surface area contributed by atoms with Crippen LogP contribution in [0.5, 0.6) is 11.5 Å². The van der Waals surface area contributed by atoms with Gasteiger partial charge < -0.3 is 14.4 Å². The van der Waals surface area contributed by atoms with Crippen LogP contribution >= 0.6 is 0 Å². The predicted octanol–water partition coefficient (Wildman–Crippen LogP) is 3.47. The lowest BCUT2D eigenvalue weighted by atomic mass is 10.0. The number of fused-ring (bicyclic) bond motifs is 1. The molecule has 0 bridgehead atoms. The van der Waals surface area contributed by atoms with Gasteiger partial charge in [-0.3, -0.25) is 4.90 Å². The SMILES string of the molecule is CCOc1cc2c(cc1CN1CCC(N3CCCC3)CC1)OC(C)C2. The van der Waals surface area contributed by atoms with Gasteiger partial charge in [-0.25, -0.2) is 0 Å². The summed E-state index contributed by atoms with van der Waals surface area (Å²) in [6.45, 7) is 10.9. The van der Waals surface area contributed by atoms with Crippen LogP contribution in [0.15, 0.2) is 12.1 Å². The molecule has 1 aromatic rings. The van der Waals surface area contributed by atoms with E-state index in [9.17, 15) is 0 Å². The minimum atomic E-state index is 0.288. The number of hydrogen-bond acceptors (Lipinski definition) is 4. The maximum Gasteiger partial charge on any atom is 0.124 e. The second-order valence-corrected chi connectivity index (χ2v) is 7.88.